The van der Waals surface area contributed by atoms with Crippen LogP contribution in [0.3, 0.4) is 0 Å². The highest BCUT2D eigenvalue weighted by Gasteiger charge is 2.41. The number of ether oxygens (including phenoxy) is 1. The van der Waals surface area contributed by atoms with Crippen molar-refractivity contribution in [1.82, 2.24) is 0 Å². The van der Waals surface area contributed by atoms with Crippen LogP contribution in [-0.2, 0) is 27.7 Å². The number of hydrogen-bond acceptors (Lipinski definition) is 10. The number of hydrogen-bond donors (Lipinski definition) is 4. The van der Waals surface area contributed by atoms with Crippen molar-refractivity contribution in [3.05, 3.63) is 0 Å². The molecule has 29 heavy (non-hydrogen) atoms. The van der Waals surface area contributed by atoms with Gasteiger partial charge in [0, 0.05) is 0 Å². The van der Waals surface area contributed by atoms with Gasteiger partial charge in [-0.15, -0.1) is 0 Å². The van der Waals surface area contributed by atoms with Crippen LogP contribution in [0.1, 0.15) is 62.3 Å². The Hall–Kier alpha value is -0.580. The Bertz CT molecular complexity index is 553. The molecule has 4 N–H and O–H groups in total. The summed E-state index contributed by atoms with van der Waals surface area (Å²) in [6.45, 7) is 13.7. The van der Waals surface area contributed by atoms with Gasteiger partial charge < -0.3 is 25.2 Å². The molecular weight excluding hydrogens is 407 g/mol. The van der Waals surface area contributed by atoms with Gasteiger partial charge in [0.2, 0.25) is 0 Å². The molecule has 0 aliphatic carbocycles. The van der Waals surface area contributed by atoms with Crippen molar-refractivity contribution < 1.29 is 48.1 Å². The van der Waals surface area contributed by atoms with Gasteiger partial charge in [-0.05, 0) is 62.3 Å². The molecule has 0 spiro atoms. The van der Waals surface area contributed by atoms with Crippen molar-refractivity contribution >= 4 is 13.8 Å². The molecule has 174 valence electrons. The summed E-state index contributed by atoms with van der Waals surface area (Å²) in [5, 5.41) is 40.0. The van der Waals surface area contributed by atoms with Crippen LogP contribution in [0.4, 0.5) is 0 Å². The van der Waals surface area contributed by atoms with E-state index in [4.69, 9.17) is 18.3 Å². The first-order chi connectivity index (χ1) is 12.7. The van der Waals surface area contributed by atoms with E-state index in [1.54, 1.807) is 62.3 Å². The van der Waals surface area contributed by atoms with Gasteiger partial charge in [-0.25, -0.2) is 9.36 Å². The van der Waals surface area contributed by atoms with E-state index in [1.807, 2.05) is 0 Å². The topological polar surface area (TPSA) is 152 Å². The number of carbonyl (C=O) groups is 1. The first-order valence-corrected chi connectivity index (χ1v) is 10.7. The van der Waals surface area contributed by atoms with Crippen molar-refractivity contribution in [2.75, 3.05) is 6.61 Å². The second kappa shape index (κ2) is 10.2. The van der Waals surface area contributed by atoms with Crippen molar-refractivity contribution in [2.24, 2.45) is 0 Å². The van der Waals surface area contributed by atoms with Gasteiger partial charge in [0.15, 0.2) is 6.10 Å². The molecule has 0 bridgehead atoms. The molecular formula is C18H37O10P. The summed E-state index contributed by atoms with van der Waals surface area (Å²) < 4.78 is 33.7. The van der Waals surface area contributed by atoms with Crippen LogP contribution >= 0.6 is 7.82 Å². The number of aliphatic hydroxyl groups is 4. The van der Waals surface area contributed by atoms with Gasteiger partial charge in [-0.2, -0.15) is 0 Å². The second-order valence-electron chi connectivity index (χ2n) is 9.68. The molecule has 0 fully saturated rings. The molecule has 0 aliphatic heterocycles. The molecule has 11 heteroatoms. The number of phosphoric acid groups is 1. The summed E-state index contributed by atoms with van der Waals surface area (Å²) in [5.74, 6) is -1.17. The van der Waals surface area contributed by atoms with Gasteiger partial charge in [-0.3, -0.25) is 13.6 Å². The maximum atomic E-state index is 12.9. The lowest BCUT2D eigenvalue weighted by Crippen LogP contribution is -2.50. The molecule has 0 heterocycles. The molecule has 0 aromatic carbocycles. The van der Waals surface area contributed by atoms with E-state index in [0.29, 0.717) is 0 Å². The van der Waals surface area contributed by atoms with Crippen molar-refractivity contribution in [3.8, 4) is 0 Å². The van der Waals surface area contributed by atoms with E-state index in [-0.39, 0.29) is 0 Å². The average Bonchev–Trinajstić information content (AvgIpc) is 2.44. The Balaban J connectivity index is 5.11. The summed E-state index contributed by atoms with van der Waals surface area (Å²) >= 11 is 0. The minimum Gasteiger partial charge on any atom is -0.458 e. The average molecular weight is 444 g/mol. The van der Waals surface area contributed by atoms with Gasteiger partial charge in [0.25, 0.3) is 0 Å². The SMILES string of the molecule is CC(C)(C)OC(=O)[C@H](O)[C@@H](O)[C@H](O)[C@H](O)COP(=O)(OC(C)(C)C)OC(C)(C)C. The molecule has 0 amide bonds. The molecule has 10 nitrogen and oxygen atoms in total. The third-order valence-corrected chi connectivity index (χ3v) is 4.90. The normalized spacial score (nSPS) is 18.1. The molecule has 0 aliphatic rings. The smallest absolute Gasteiger partial charge is 0.458 e. The number of aliphatic hydroxyl groups excluding tert-OH is 4. The number of phosphoric ester groups is 1. The lowest BCUT2D eigenvalue weighted by Gasteiger charge is -2.32. The fourth-order valence-electron chi connectivity index (χ4n) is 1.92. The fourth-order valence-corrected chi connectivity index (χ4v) is 3.74. The maximum absolute atomic E-state index is 12.9. The first-order valence-electron chi connectivity index (χ1n) is 9.27. The van der Waals surface area contributed by atoms with Gasteiger partial charge in [0.05, 0.1) is 17.8 Å². The van der Waals surface area contributed by atoms with E-state index >= 15 is 0 Å². The third-order valence-electron chi connectivity index (χ3n) is 2.89. The molecule has 0 radical (unpaired) electrons. The summed E-state index contributed by atoms with van der Waals surface area (Å²) in [7, 11) is -4.16. The van der Waals surface area contributed by atoms with Gasteiger partial charge >= 0.3 is 13.8 Å². The van der Waals surface area contributed by atoms with E-state index in [2.05, 4.69) is 0 Å². The minimum atomic E-state index is -4.16. The second-order valence-corrected chi connectivity index (χ2v) is 11.2. The summed E-state index contributed by atoms with van der Waals surface area (Å²) in [5.41, 5.74) is -2.74. The molecule has 0 saturated carbocycles. The monoisotopic (exact) mass is 444 g/mol. The Morgan fingerprint density at radius 1 is 0.793 bits per heavy atom. The van der Waals surface area contributed by atoms with Crippen LogP contribution in [0.2, 0.25) is 0 Å². The quantitative estimate of drug-likeness (QED) is 0.304. The Kier molecular flexibility index (Phi) is 9.95. The number of esters is 1. The lowest BCUT2D eigenvalue weighted by molar-refractivity contribution is -0.180. The van der Waals surface area contributed by atoms with Gasteiger partial charge in [0.1, 0.15) is 23.9 Å². The van der Waals surface area contributed by atoms with E-state index in [0.717, 1.165) is 0 Å². The Labute approximate surface area is 172 Å². The molecule has 0 aromatic heterocycles. The van der Waals surface area contributed by atoms with Crippen LogP contribution < -0.4 is 0 Å². The standard InChI is InChI=1S/C18H37O10P/c1-16(2,3)26-15(23)14(22)13(21)12(20)11(19)10-25-29(24,27-17(4,5)6)28-18(7,8)9/h11-14,19-22H,10H2,1-9H3/t11-,12-,13+,14-/m1/s1. The predicted molar refractivity (Wildman–Crippen MR) is 105 cm³/mol. The first kappa shape index (κ1) is 28.4. The highest BCUT2D eigenvalue weighted by Crippen LogP contribution is 2.55. The molecule has 4 atom stereocenters. The summed E-state index contributed by atoms with van der Waals surface area (Å²) in [4.78, 5) is 11.8. The number of rotatable bonds is 9. The van der Waals surface area contributed by atoms with Crippen molar-refractivity contribution in [2.45, 2.75) is 104 Å². The zero-order chi connectivity index (χ0) is 23.4. The summed E-state index contributed by atoms with van der Waals surface area (Å²) in [6, 6.07) is 0. The minimum absolute atomic E-state index is 0.761. The Morgan fingerprint density at radius 2 is 1.21 bits per heavy atom. The Morgan fingerprint density at radius 3 is 1.55 bits per heavy atom. The maximum Gasteiger partial charge on any atom is 0.475 e. The van der Waals surface area contributed by atoms with E-state index < -0.39 is 61.6 Å². The van der Waals surface area contributed by atoms with Crippen molar-refractivity contribution in [3.63, 3.8) is 0 Å². The van der Waals surface area contributed by atoms with Crippen molar-refractivity contribution in [1.29, 1.82) is 0 Å². The van der Waals surface area contributed by atoms with Crippen LogP contribution in [0.25, 0.3) is 0 Å². The van der Waals surface area contributed by atoms with Gasteiger partial charge in [-0.1, -0.05) is 0 Å². The highest BCUT2D eigenvalue weighted by atomic mass is 31.2. The molecule has 0 rings (SSSR count). The van der Waals surface area contributed by atoms with Crippen LogP contribution in [0.15, 0.2) is 0 Å². The largest absolute Gasteiger partial charge is 0.475 e. The van der Waals surface area contributed by atoms with E-state index in [9.17, 15) is 29.8 Å². The van der Waals surface area contributed by atoms with Crippen LogP contribution in [0, 0.1) is 0 Å². The zero-order valence-electron chi connectivity index (χ0n) is 18.7. The van der Waals surface area contributed by atoms with Crippen LogP contribution in [0.5, 0.6) is 0 Å². The fraction of sp³-hybridized carbons (Fsp3) is 0.944. The predicted octanol–water partition coefficient (Wildman–Crippen LogP) is 1.53. The third kappa shape index (κ3) is 12.0. The lowest BCUT2D eigenvalue weighted by atomic mass is 10.0. The summed E-state index contributed by atoms with van der Waals surface area (Å²) in [6.07, 6.45) is -8.00. The zero-order valence-corrected chi connectivity index (χ0v) is 19.6. The molecule has 0 unspecified atom stereocenters. The molecule has 0 aromatic rings. The highest BCUT2D eigenvalue weighted by molar-refractivity contribution is 7.48. The van der Waals surface area contributed by atoms with E-state index in [1.165, 1.54) is 0 Å². The number of carbonyl (C=O) groups excluding carboxylic acids is 1. The van der Waals surface area contributed by atoms with Crippen LogP contribution in [-0.4, -0.2) is 74.2 Å². The molecule has 0 saturated heterocycles.